The molecule has 0 saturated carbocycles. The second-order valence-electron chi connectivity index (χ2n) is 2.59. The standard InChI is InChI=1S/C8H6F3N3/c9-8(10,11)7(13)6-1-2-14-4-5(6)3-12/h1-2,4,7H,13H2/t7-/m0/s1. The van der Waals surface area contributed by atoms with Crippen LogP contribution in [0.15, 0.2) is 18.5 Å². The first-order chi connectivity index (χ1) is 6.46. The number of pyridine rings is 1. The SMILES string of the molecule is N#Cc1cnccc1[C@H](N)C(F)(F)F. The van der Waals surface area contributed by atoms with Gasteiger partial charge in [-0.2, -0.15) is 18.4 Å². The van der Waals surface area contributed by atoms with Crippen LogP contribution in [0.4, 0.5) is 13.2 Å². The summed E-state index contributed by atoms with van der Waals surface area (Å²) in [5.41, 5.74) is 4.53. The molecule has 0 aliphatic heterocycles. The predicted molar refractivity (Wildman–Crippen MR) is 41.9 cm³/mol. The molecule has 0 saturated heterocycles. The summed E-state index contributed by atoms with van der Waals surface area (Å²) < 4.78 is 36.6. The van der Waals surface area contributed by atoms with Gasteiger partial charge in [0.2, 0.25) is 0 Å². The summed E-state index contributed by atoms with van der Waals surface area (Å²) in [7, 11) is 0. The molecule has 0 aromatic carbocycles. The fourth-order valence-electron chi connectivity index (χ4n) is 0.946. The van der Waals surface area contributed by atoms with Crippen LogP contribution in [0, 0.1) is 11.3 Å². The molecular formula is C8H6F3N3. The molecule has 0 bridgehead atoms. The molecule has 1 heterocycles. The summed E-state index contributed by atoms with van der Waals surface area (Å²) in [5.74, 6) is 0. The van der Waals surface area contributed by atoms with Crippen molar-refractivity contribution in [1.29, 1.82) is 5.26 Å². The highest BCUT2D eigenvalue weighted by molar-refractivity contribution is 5.37. The van der Waals surface area contributed by atoms with E-state index in [2.05, 4.69) is 4.98 Å². The molecule has 1 atom stereocenters. The van der Waals surface area contributed by atoms with E-state index in [1.807, 2.05) is 0 Å². The number of alkyl halides is 3. The normalized spacial score (nSPS) is 13.4. The fourth-order valence-corrected chi connectivity index (χ4v) is 0.946. The number of nitrogens with two attached hydrogens (primary N) is 1. The maximum atomic E-state index is 12.2. The lowest BCUT2D eigenvalue weighted by atomic mass is 10.0. The molecule has 0 spiro atoms. The van der Waals surface area contributed by atoms with E-state index in [0.29, 0.717) is 0 Å². The van der Waals surface area contributed by atoms with Gasteiger partial charge >= 0.3 is 6.18 Å². The van der Waals surface area contributed by atoms with E-state index in [9.17, 15) is 13.2 Å². The smallest absolute Gasteiger partial charge is 0.316 e. The molecule has 14 heavy (non-hydrogen) atoms. The van der Waals surface area contributed by atoms with Crippen LogP contribution in [0.2, 0.25) is 0 Å². The number of nitriles is 1. The Balaban J connectivity index is 3.14. The Morgan fingerprint density at radius 3 is 2.64 bits per heavy atom. The summed E-state index contributed by atoms with van der Waals surface area (Å²) >= 11 is 0. The number of hydrogen-bond acceptors (Lipinski definition) is 3. The minimum atomic E-state index is -4.55. The molecule has 0 aliphatic carbocycles. The number of aromatic nitrogens is 1. The topological polar surface area (TPSA) is 62.7 Å². The zero-order valence-corrected chi connectivity index (χ0v) is 6.92. The van der Waals surface area contributed by atoms with Crippen LogP contribution >= 0.6 is 0 Å². The predicted octanol–water partition coefficient (Wildman–Crippen LogP) is 1.52. The summed E-state index contributed by atoms with van der Waals surface area (Å²) in [6.45, 7) is 0. The van der Waals surface area contributed by atoms with E-state index in [0.717, 1.165) is 12.3 Å². The van der Waals surface area contributed by atoms with E-state index in [1.54, 1.807) is 6.07 Å². The van der Waals surface area contributed by atoms with Gasteiger partial charge in [0.25, 0.3) is 0 Å². The Hall–Kier alpha value is -1.61. The zero-order chi connectivity index (χ0) is 10.8. The van der Waals surface area contributed by atoms with E-state index >= 15 is 0 Å². The zero-order valence-electron chi connectivity index (χ0n) is 6.92. The van der Waals surface area contributed by atoms with Crippen LogP contribution in [-0.2, 0) is 0 Å². The van der Waals surface area contributed by atoms with Crippen LogP contribution in [0.3, 0.4) is 0 Å². The van der Waals surface area contributed by atoms with Gasteiger partial charge in [-0.3, -0.25) is 4.98 Å². The Morgan fingerprint density at radius 1 is 1.50 bits per heavy atom. The average molecular weight is 201 g/mol. The minimum absolute atomic E-state index is 0.155. The van der Waals surface area contributed by atoms with E-state index in [1.165, 1.54) is 6.20 Å². The number of halogens is 3. The van der Waals surface area contributed by atoms with Gasteiger partial charge in [0, 0.05) is 12.4 Å². The highest BCUT2D eigenvalue weighted by Crippen LogP contribution is 2.31. The molecule has 2 N–H and O–H groups in total. The Labute approximate surface area is 78.0 Å². The second kappa shape index (κ2) is 3.64. The summed E-state index contributed by atoms with van der Waals surface area (Å²) in [6, 6.07) is 0.561. The molecule has 1 aromatic rings. The first-order valence-corrected chi connectivity index (χ1v) is 3.63. The molecule has 1 rings (SSSR count). The summed E-state index contributed by atoms with van der Waals surface area (Å²) in [6.07, 6.45) is -2.32. The van der Waals surface area contributed by atoms with Crippen molar-refractivity contribution in [3.63, 3.8) is 0 Å². The van der Waals surface area contributed by atoms with Crippen molar-refractivity contribution >= 4 is 0 Å². The van der Waals surface area contributed by atoms with Gasteiger partial charge in [-0.15, -0.1) is 0 Å². The fraction of sp³-hybridized carbons (Fsp3) is 0.250. The van der Waals surface area contributed by atoms with Gasteiger partial charge in [-0.05, 0) is 11.6 Å². The number of nitrogens with zero attached hydrogens (tertiary/aromatic N) is 2. The highest BCUT2D eigenvalue weighted by atomic mass is 19.4. The van der Waals surface area contributed by atoms with Crippen LogP contribution in [0.1, 0.15) is 17.2 Å². The van der Waals surface area contributed by atoms with Crippen molar-refractivity contribution in [3.8, 4) is 6.07 Å². The number of rotatable bonds is 1. The molecule has 0 amide bonds. The highest BCUT2D eigenvalue weighted by Gasteiger charge is 2.38. The van der Waals surface area contributed by atoms with E-state index in [4.69, 9.17) is 11.0 Å². The minimum Gasteiger partial charge on any atom is -0.316 e. The van der Waals surface area contributed by atoms with Crippen LogP contribution in [-0.4, -0.2) is 11.2 Å². The van der Waals surface area contributed by atoms with Gasteiger partial charge in [-0.25, -0.2) is 0 Å². The largest absolute Gasteiger partial charge is 0.407 e. The third-order valence-corrected chi connectivity index (χ3v) is 1.66. The van der Waals surface area contributed by atoms with Crippen molar-refractivity contribution in [2.24, 2.45) is 5.73 Å². The van der Waals surface area contributed by atoms with Crippen molar-refractivity contribution in [3.05, 3.63) is 29.6 Å². The average Bonchev–Trinajstić information content (AvgIpc) is 2.15. The molecule has 6 heteroatoms. The van der Waals surface area contributed by atoms with Gasteiger partial charge in [-0.1, -0.05) is 0 Å². The van der Waals surface area contributed by atoms with Gasteiger partial charge in [0.05, 0.1) is 5.56 Å². The van der Waals surface area contributed by atoms with Crippen molar-refractivity contribution < 1.29 is 13.2 Å². The Morgan fingerprint density at radius 2 is 2.14 bits per heavy atom. The Kier molecular flexibility index (Phi) is 2.72. The molecule has 0 fully saturated rings. The van der Waals surface area contributed by atoms with E-state index in [-0.39, 0.29) is 11.1 Å². The molecular weight excluding hydrogens is 195 g/mol. The van der Waals surface area contributed by atoms with Crippen molar-refractivity contribution in [2.45, 2.75) is 12.2 Å². The second-order valence-corrected chi connectivity index (χ2v) is 2.59. The van der Waals surface area contributed by atoms with Crippen molar-refractivity contribution in [1.82, 2.24) is 4.98 Å². The van der Waals surface area contributed by atoms with Crippen LogP contribution in [0.25, 0.3) is 0 Å². The molecule has 74 valence electrons. The molecule has 0 radical (unpaired) electrons. The maximum Gasteiger partial charge on any atom is 0.407 e. The third-order valence-electron chi connectivity index (χ3n) is 1.66. The van der Waals surface area contributed by atoms with Crippen LogP contribution in [0.5, 0.6) is 0 Å². The quantitative estimate of drug-likeness (QED) is 0.749. The first kappa shape index (κ1) is 10.5. The lowest BCUT2D eigenvalue weighted by Crippen LogP contribution is -2.29. The van der Waals surface area contributed by atoms with E-state index < -0.39 is 12.2 Å². The maximum absolute atomic E-state index is 12.2. The van der Waals surface area contributed by atoms with Crippen molar-refractivity contribution in [2.75, 3.05) is 0 Å². The molecule has 1 aromatic heterocycles. The molecule has 0 unspecified atom stereocenters. The first-order valence-electron chi connectivity index (χ1n) is 3.63. The summed E-state index contributed by atoms with van der Waals surface area (Å²) in [5, 5.41) is 8.52. The molecule has 3 nitrogen and oxygen atoms in total. The van der Waals surface area contributed by atoms with Crippen LogP contribution < -0.4 is 5.73 Å². The third kappa shape index (κ3) is 2.00. The Bertz CT molecular complexity index is 367. The summed E-state index contributed by atoms with van der Waals surface area (Å²) in [4.78, 5) is 3.54. The van der Waals surface area contributed by atoms with Gasteiger partial charge < -0.3 is 5.73 Å². The van der Waals surface area contributed by atoms with Gasteiger partial charge in [0.15, 0.2) is 0 Å². The lowest BCUT2D eigenvalue weighted by Gasteiger charge is -2.16. The monoisotopic (exact) mass is 201 g/mol. The number of hydrogen-bond donors (Lipinski definition) is 1. The lowest BCUT2D eigenvalue weighted by molar-refractivity contribution is -0.149. The molecule has 0 aliphatic rings. The van der Waals surface area contributed by atoms with Gasteiger partial charge in [0.1, 0.15) is 12.1 Å².